The molecule has 0 saturated heterocycles. The smallest absolute Gasteiger partial charge is 0.225 e. The predicted octanol–water partition coefficient (Wildman–Crippen LogP) is 4.61. The minimum atomic E-state index is -1.91. The maximum absolute atomic E-state index is 12.5. The molecule has 0 aliphatic carbocycles. The zero-order valence-electron chi connectivity index (χ0n) is 15.4. The number of hydrogen-bond acceptors (Lipinski definition) is 2. The fraction of sp³-hybridized carbons (Fsp3) is 0.526. The van der Waals surface area contributed by atoms with E-state index in [-0.39, 0.29) is 17.0 Å². The van der Waals surface area contributed by atoms with E-state index in [0.29, 0.717) is 13.0 Å². The van der Waals surface area contributed by atoms with Crippen molar-refractivity contribution >= 4 is 14.2 Å². The normalized spacial score (nSPS) is 13.5. The second-order valence-electron chi connectivity index (χ2n) is 7.59. The van der Waals surface area contributed by atoms with E-state index in [1.54, 1.807) is 11.0 Å². The molecule has 0 radical (unpaired) electrons. The molecule has 0 saturated carbocycles. The van der Waals surface area contributed by atoms with Crippen LogP contribution in [0.3, 0.4) is 0 Å². The molecule has 128 valence electrons. The third-order valence-corrected chi connectivity index (χ3v) is 9.08. The molecule has 1 rings (SSSR count). The maximum atomic E-state index is 12.5. The Bertz CT molecular complexity index is 520. The Labute approximate surface area is 142 Å². The van der Waals surface area contributed by atoms with Crippen LogP contribution >= 0.6 is 0 Å². The highest BCUT2D eigenvalue weighted by atomic mass is 28.4. The van der Waals surface area contributed by atoms with Gasteiger partial charge in [0, 0.05) is 13.6 Å². The van der Waals surface area contributed by atoms with E-state index in [9.17, 15) is 4.79 Å². The van der Waals surface area contributed by atoms with Gasteiger partial charge in [0.15, 0.2) is 8.32 Å². The first-order valence-electron chi connectivity index (χ1n) is 8.15. The Kier molecular flexibility index (Phi) is 6.78. The van der Waals surface area contributed by atoms with Crippen molar-refractivity contribution in [1.82, 2.24) is 4.90 Å². The molecule has 3 nitrogen and oxygen atoms in total. The molecule has 23 heavy (non-hydrogen) atoms. The summed E-state index contributed by atoms with van der Waals surface area (Å²) in [5.41, 5.74) is 1.13. The van der Waals surface area contributed by atoms with Gasteiger partial charge in [-0.15, -0.1) is 6.58 Å². The summed E-state index contributed by atoms with van der Waals surface area (Å²) < 4.78 is 6.30. The lowest BCUT2D eigenvalue weighted by Crippen LogP contribution is -2.44. The molecule has 0 bridgehead atoms. The highest BCUT2D eigenvalue weighted by Gasteiger charge is 2.39. The van der Waals surface area contributed by atoms with Gasteiger partial charge >= 0.3 is 0 Å². The van der Waals surface area contributed by atoms with Gasteiger partial charge in [0.05, 0.1) is 12.5 Å². The zero-order chi connectivity index (χ0) is 17.7. The Morgan fingerprint density at radius 1 is 1.30 bits per heavy atom. The first-order valence-corrected chi connectivity index (χ1v) is 11.1. The van der Waals surface area contributed by atoms with Crippen LogP contribution in [0.2, 0.25) is 18.1 Å². The molecular formula is C19H31NO2Si. The first-order chi connectivity index (χ1) is 10.6. The standard InChI is InChI=1S/C19H31NO2Si/c1-8-17(22-23(6,7)19(2,3)4)14-18(21)20(5)15-16-12-10-9-11-13-16/h8-13,17H,1,14-15H2,2-7H3/t17-/m0/s1. The first kappa shape index (κ1) is 19.7. The van der Waals surface area contributed by atoms with Gasteiger partial charge in [-0.1, -0.05) is 57.2 Å². The molecule has 1 aromatic carbocycles. The summed E-state index contributed by atoms with van der Waals surface area (Å²) in [4.78, 5) is 14.2. The Hall–Kier alpha value is -1.39. The van der Waals surface area contributed by atoms with Gasteiger partial charge in [-0.3, -0.25) is 4.79 Å². The predicted molar refractivity (Wildman–Crippen MR) is 99.8 cm³/mol. The van der Waals surface area contributed by atoms with Crippen molar-refractivity contribution in [2.24, 2.45) is 0 Å². The van der Waals surface area contributed by atoms with Crippen LogP contribution in [0.4, 0.5) is 0 Å². The quantitative estimate of drug-likeness (QED) is 0.538. The molecule has 1 amide bonds. The molecule has 0 N–H and O–H groups in total. The molecule has 0 aromatic heterocycles. The molecule has 0 aliphatic heterocycles. The van der Waals surface area contributed by atoms with E-state index < -0.39 is 8.32 Å². The van der Waals surface area contributed by atoms with Gasteiger partial charge in [-0.25, -0.2) is 0 Å². The molecule has 0 fully saturated rings. The van der Waals surface area contributed by atoms with E-state index in [1.165, 1.54) is 0 Å². The van der Waals surface area contributed by atoms with Gasteiger partial charge in [-0.05, 0) is 23.7 Å². The Balaban J connectivity index is 2.64. The third-order valence-electron chi connectivity index (χ3n) is 4.58. The van der Waals surface area contributed by atoms with Crippen LogP contribution in [-0.4, -0.2) is 32.3 Å². The molecule has 0 spiro atoms. The fourth-order valence-corrected chi connectivity index (χ4v) is 3.29. The SMILES string of the molecule is C=C[C@@H](CC(=O)N(C)Cc1ccccc1)O[Si](C)(C)C(C)(C)C. The number of benzene rings is 1. The van der Waals surface area contributed by atoms with Crippen LogP contribution in [0.1, 0.15) is 32.8 Å². The van der Waals surface area contributed by atoms with Crippen LogP contribution in [0.15, 0.2) is 43.0 Å². The number of nitrogens with zero attached hydrogens (tertiary/aromatic N) is 1. The summed E-state index contributed by atoms with van der Waals surface area (Å²) in [7, 11) is -0.0715. The number of carbonyl (C=O) groups excluding carboxylic acids is 1. The summed E-state index contributed by atoms with van der Waals surface area (Å²) in [6.07, 6.45) is 1.88. The number of carbonyl (C=O) groups is 1. The third kappa shape index (κ3) is 5.96. The molecule has 1 atom stereocenters. The average molecular weight is 334 g/mol. The fourth-order valence-electron chi connectivity index (χ4n) is 2.00. The van der Waals surface area contributed by atoms with E-state index in [4.69, 9.17) is 4.43 Å². The summed E-state index contributed by atoms with van der Waals surface area (Å²) in [5.74, 6) is 0.0810. The van der Waals surface area contributed by atoms with Crippen molar-refractivity contribution in [3.63, 3.8) is 0 Å². The topological polar surface area (TPSA) is 29.5 Å². The minimum absolute atomic E-state index is 0.0810. The molecule has 0 heterocycles. The van der Waals surface area contributed by atoms with Crippen molar-refractivity contribution < 1.29 is 9.22 Å². The summed E-state index contributed by atoms with van der Waals surface area (Å²) >= 11 is 0. The maximum Gasteiger partial charge on any atom is 0.225 e. The second kappa shape index (κ2) is 7.93. The largest absolute Gasteiger partial charge is 0.410 e. The van der Waals surface area contributed by atoms with E-state index in [0.717, 1.165) is 5.56 Å². The van der Waals surface area contributed by atoms with Gasteiger partial charge in [0.25, 0.3) is 0 Å². The lowest BCUT2D eigenvalue weighted by atomic mass is 10.2. The zero-order valence-corrected chi connectivity index (χ0v) is 16.4. The van der Waals surface area contributed by atoms with E-state index >= 15 is 0 Å². The second-order valence-corrected chi connectivity index (χ2v) is 12.3. The number of rotatable bonds is 7. The van der Waals surface area contributed by atoms with Gasteiger partial charge in [-0.2, -0.15) is 0 Å². The molecule has 0 aliphatic rings. The number of amides is 1. The highest BCUT2D eigenvalue weighted by Crippen LogP contribution is 2.37. The van der Waals surface area contributed by atoms with E-state index in [2.05, 4.69) is 40.4 Å². The van der Waals surface area contributed by atoms with Crippen molar-refractivity contribution in [3.05, 3.63) is 48.6 Å². The van der Waals surface area contributed by atoms with Crippen LogP contribution < -0.4 is 0 Å². The molecule has 1 aromatic rings. The average Bonchev–Trinajstić information content (AvgIpc) is 2.46. The van der Waals surface area contributed by atoms with Crippen LogP contribution in [0.5, 0.6) is 0 Å². The van der Waals surface area contributed by atoms with Crippen LogP contribution in [0.25, 0.3) is 0 Å². The van der Waals surface area contributed by atoms with Gasteiger partial charge < -0.3 is 9.33 Å². The van der Waals surface area contributed by atoms with Crippen molar-refractivity contribution in [3.8, 4) is 0 Å². The van der Waals surface area contributed by atoms with Gasteiger partial charge in [0.2, 0.25) is 5.91 Å². The molecule has 0 unspecified atom stereocenters. The van der Waals surface area contributed by atoms with Crippen LogP contribution in [-0.2, 0) is 15.8 Å². The van der Waals surface area contributed by atoms with E-state index in [1.807, 2.05) is 37.4 Å². The summed E-state index contributed by atoms with van der Waals surface area (Å²) in [6, 6.07) is 10.0. The van der Waals surface area contributed by atoms with Crippen molar-refractivity contribution in [2.75, 3.05) is 7.05 Å². The van der Waals surface area contributed by atoms with Crippen LogP contribution in [0, 0.1) is 0 Å². The number of hydrogen-bond donors (Lipinski definition) is 0. The Morgan fingerprint density at radius 3 is 2.35 bits per heavy atom. The lowest BCUT2D eigenvalue weighted by Gasteiger charge is -2.38. The summed E-state index contributed by atoms with van der Waals surface area (Å²) in [6.45, 7) is 15.4. The highest BCUT2D eigenvalue weighted by molar-refractivity contribution is 6.74. The van der Waals surface area contributed by atoms with Crippen molar-refractivity contribution in [2.45, 2.75) is 58.0 Å². The lowest BCUT2D eigenvalue weighted by molar-refractivity contribution is -0.131. The van der Waals surface area contributed by atoms with Gasteiger partial charge in [0.1, 0.15) is 0 Å². The minimum Gasteiger partial charge on any atom is -0.410 e. The molecule has 4 heteroatoms. The monoisotopic (exact) mass is 333 g/mol. The molecular weight excluding hydrogens is 302 g/mol. The summed E-state index contributed by atoms with van der Waals surface area (Å²) in [5, 5.41) is 0.118. The van der Waals surface area contributed by atoms with Crippen molar-refractivity contribution in [1.29, 1.82) is 0 Å². The Morgan fingerprint density at radius 2 is 1.87 bits per heavy atom.